The molecule has 3 N–H and O–H groups in total. The number of β-amino-alcohol motifs (C(OH)–C–C–N with tert-alkyl or cyclic N) is 1. The maximum Gasteiger partial charge on any atom is 0.326 e. The molecule has 2 heterocycles. The number of carbonyl (C=O) groups excluding carboxylic acids is 1. The number of likely N-dealkylation sites (tertiary alicyclic amines) is 1. The lowest BCUT2D eigenvalue weighted by Gasteiger charge is -2.26. The molecule has 0 saturated carbocycles. The van der Waals surface area contributed by atoms with Crippen LogP contribution in [0.2, 0.25) is 0 Å². The summed E-state index contributed by atoms with van der Waals surface area (Å²) in [6.07, 6.45) is 0.216. The summed E-state index contributed by atoms with van der Waals surface area (Å²) in [4.78, 5) is 24.3. The van der Waals surface area contributed by atoms with Gasteiger partial charge in [-0.1, -0.05) is 0 Å². The third-order valence-electron chi connectivity index (χ3n) is 3.85. The van der Waals surface area contributed by atoms with E-state index >= 15 is 0 Å². The minimum atomic E-state index is -1.08. The Morgan fingerprint density at radius 2 is 2.21 bits per heavy atom. The number of ether oxygens (including phenoxy) is 1. The number of aliphatic carboxylic acids is 1. The van der Waals surface area contributed by atoms with E-state index in [-0.39, 0.29) is 24.9 Å². The molecule has 2 saturated heterocycles. The fourth-order valence-corrected chi connectivity index (χ4v) is 2.61. The molecule has 4 atom stereocenters. The van der Waals surface area contributed by atoms with E-state index in [0.29, 0.717) is 13.2 Å². The normalized spacial score (nSPS) is 32.3. The summed E-state index contributed by atoms with van der Waals surface area (Å²) in [6.45, 7) is 3.27. The van der Waals surface area contributed by atoms with Gasteiger partial charge in [0.15, 0.2) is 0 Å². The highest BCUT2D eigenvalue weighted by Crippen LogP contribution is 2.20. The van der Waals surface area contributed by atoms with E-state index in [2.05, 4.69) is 5.32 Å². The molecular weight excluding hydrogens is 252 g/mol. The van der Waals surface area contributed by atoms with Crippen LogP contribution in [0.25, 0.3) is 0 Å². The van der Waals surface area contributed by atoms with Crippen LogP contribution in [0.15, 0.2) is 0 Å². The average Bonchev–Trinajstić information content (AvgIpc) is 2.96. The summed E-state index contributed by atoms with van der Waals surface area (Å²) in [5, 5.41) is 21.4. The molecule has 108 valence electrons. The number of aliphatic hydroxyl groups is 1. The van der Waals surface area contributed by atoms with E-state index in [1.807, 2.05) is 6.92 Å². The number of carboxylic acids is 1. The summed E-state index contributed by atoms with van der Waals surface area (Å²) < 4.78 is 5.26. The number of rotatable bonds is 3. The Morgan fingerprint density at radius 1 is 1.47 bits per heavy atom. The van der Waals surface area contributed by atoms with Gasteiger partial charge in [-0.3, -0.25) is 0 Å². The van der Waals surface area contributed by atoms with Gasteiger partial charge in [0.05, 0.1) is 12.7 Å². The smallest absolute Gasteiger partial charge is 0.326 e. The summed E-state index contributed by atoms with van der Waals surface area (Å²) in [7, 11) is 0. The van der Waals surface area contributed by atoms with Crippen molar-refractivity contribution >= 4 is 12.0 Å². The number of nitrogens with zero attached hydrogens (tertiary/aromatic N) is 1. The Hall–Kier alpha value is -1.34. The number of carbonyl (C=O) groups is 2. The first kappa shape index (κ1) is 14.1. The predicted octanol–water partition coefficient (Wildman–Crippen LogP) is -0.359. The van der Waals surface area contributed by atoms with Crippen molar-refractivity contribution in [3.63, 3.8) is 0 Å². The number of urea groups is 1. The zero-order chi connectivity index (χ0) is 14.0. The largest absolute Gasteiger partial charge is 0.480 e. The van der Waals surface area contributed by atoms with E-state index in [1.165, 1.54) is 4.90 Å². The molecule has 19 heavy (non-hydrogen) atoms. The van der Waals surface area contributed by atoms with Crippen molar-refractivity contribution in [3.8, 4) is 0 Å². The molecule has 0 aromatic heterocycles. The molecule has 0 aromatic rings. The number of aliphatic hydroxyl groups excluding tert-OH is 1. The van der Waals surface area contributed by atoms with Crippen LogP contribution in [-0.4, -0.2) is 65.1 Å². The summed E-state index contributed by atoms with van der Waals surface area (Å²) in [6, 6.07) is -1.44. The van der Waals surface area contributed by atoms with Gasteiger partial charge in [0, 0.05) is 31.5 Å². The number of carboxylic acid groups (broad SMARTS) is 1. The molecule has 7 heteroatoms. The van der Waals surface area contributed by atoms with Crippen molar-refractivity contribution in [2.75, 3.05) is 19.8 Å². The van der Waals surface area contributed by atoms with Gasteiger partial charge in [0.2, 0.25) is 0 Å². The molecular formula is C12H20N2O5. The highest BCUT2D eigenvalue weighted by molar-refractivity contribution is 5.83. The van der Waals surface area contributed by atoms with Gasteiger partial charge in [0.1, 0.15) is 6.04 Å². The van der Waals surface area contributed by atoms with Crippen LogP contribution in [0.1, 0.15) is 19.8 Å². The van der Waals surface area contributed by atoms with E-state index in [1.54, 1.807) is 0 Å². The number of hydrogen-bond donors (Lipinski definition) is 3. The monoisotopic (exact) mass is 272 g/mol. The zero-order valence-corrected chi connectivity index (χ0v) is 10.9. The fourth-order valence-electron chi connectivity index (χ4n) is 2.61. The molecule has 2 fully saturated rings. The van der Waals surface area contributed by atoms with Crippen LogP contribution in [0.3, 0.4) is 0 Å². The van der Waals surface area contributed by atoms with Gasteiger partial charge in [-0.2, -0.15) is 0 Å². The first-order chi connectivity index (χ1) is 8.99. The predicted molar refractivity (Wildman–Crippen MR) is 65.7 cm³/mol. The van der Waals surface area contributed by atoms with Crippen LogP contribution >= 0.6 is 0 Å². The van der Waals surface area contributed by atoms with Crippen molar-refractivity contribution < 1.29 is 24.5 Å². The quantitative estimate of drug-likeness (QED) is 0.651. The second-order valence-corrected chi connectivity index (χ2v) is 5.26. The lowest BCUT2D eigenvalue weighted by atomic mass is 10.0. The third kappa shape index (κ3) is 3.16. The Morgan fingerprint density at radius 3 is 2.79 bits per heavy atom. The highest BCUT2D eigenvalue weighted by Gasteiger charge is 2.39. The van der Waals surface area contributed by atoms with Crippen LogP contribution in [-0.2, 0) is 9.53 Å². The van der Waals surface area contributed by atoms with Crippen LogP contribution in [0, 0.1) is 5.92 Å². The van der Waals surface area contributed by atoms with Gasteiger partial charge in [-0.15, -0.1) is 0 Å². The van der Waals surface area contributed by atoms with Crippen molar-refractivity contribution in [1.29, 1.82) is 0 Å². The topological polar surface area (TPSA) is 99.1 Å². The Labute approximate surface area is 111 Å². The van der Waals surface area contributed by atoms with Gasteiger partial charge < -0.3 is 25.2 Å². The molecule has 0 aromatic carbocycles. The Bertz CT molecular complexity index is 356. The Kier molecular flexibility index (Phi) is 4.26. The molecule has 7 nitrogen and oxygen atoms in total. The van der Waals surface area contributed by atoms with Gasteiger partial charge >= 0.3 is 12.0 Å². The zero-order valence-electron chi connectivity index (χ0n) is 10.9. The van der Waals surface area contributed by atoms with E-state index < -0.39 is 24.1 Å². The molecule has 0 aliphatic carbocycles. The second-order valence-electron chi connectivity index (χ2n) is 5.26. The van der Waals surface area contributed by atoms with Gasteiger partial charge in [-0.25, -0.2) is 9.59 Å². The summed E-state index contributed by atoms with van der Waals surface area (Å²) in [5.74, 6) is -0.816. The summed E-state index contributed by atoms with van der Waals surface area (Å²) in [5.41, 5.74) is 0. The molecule has 2 rings (SSSR count). The molecule has 2 unspecified atom stereocenters. The van der Waals surface area contributed by atoms with Gasteiger partial charge in [-0.05, 0) is 13.3 Å². The van der Waals surface area contributed by atoms with Crippen LogP contribution in [0.5, 0.6) is 0 Å². The van der Waals surface area contributed by atoms with Crippen LogP contribution in [0.4, 0.5) is 4.79 Å². The van der Waals surface area contributed by atoms with E-state index in [9.17, 15) is 14.7 Å². The lowest BCUT2D eigenvalue weighted by molar-refractivity contribution is -0.141. The molecule has 2 aliphatic heterocycles. The van der Waals surface area contributed by atoms with Crippen molar-refractivity contribution in [2.45, 2.75) is 38.0 Å². The summed E-state index contributed by atoms with van der Waals surface area (Å²) >= 11 is 0. The van der Waals surface area contributed by atoms with Crippen molar-refractivity contribution in [3.05, 3.63) is 0 Å². The van der Waals surface area contributed by atoms with E-state index in [4.69, 9.17) is 9.84 Å². The molecule has 2 aliphatic rings. The average molecular weight is 272 g/mol. The third-order valence-corrected chi connectivity index (χ3v) is 3.85. The maximum absolute atomic E-state index is 12.1. The van der Waals surface area contributed by atoms with E-state index in [0.717, 1.165) is 6.42 Å². The molecule has 0 spiro atoms. The first-order valence-electron chi connectivity index (χ1n) is 6.54. The SMILES string of the molecule is CC(NC(=O)N1C[C@@H](O)C[C@H]1C(=O)O)C1CCOC1. The molecule has 0 radical (unpaired) electrons. The first-order valence-corrected chi connectivity index (χ1v) is 6.54. The number of amides is 2. The lowest BCUT2D eigenvalue weighted by Crippen LogP contribution is -2.50. The van der Waals surface area contributed by atoms with Crippen molar-refractivity contribution in [2.24, 2.45) is 5.92 Å². The highest BCUT2D eigenvalue weighted by atomic mass is 16.5. The minimum absolute atomic E-state index is 0.0662. The maximum atomic E-state index is 12.1. The number of nitrogens with one attached hydrogen (secondary N) is 1. The Balaban J connectivity index is 1.92. The van der Waals surface area contributed by atoms with Crippen LogP contribution < -0.4 is 5.32 Å². The minimum Gasteiger partial charge on any atom is -0.480 e. The standard InChI is InChI=1S/C12H20N2O5/c1-7(8-2-3-19-6-8)13-12(18)14-5-9(15)4-10(14)11(16)17/h7-10,15H,2-6H2,1H3,(H,13,18)(H,16,17)/t7?,8?,9-,10-/m0/s1. The molecule has 0 bridgehead atoms. The number of hydrogen-bond acceptors (Lipinski definition) is 4. The second kappa shape index (κ2) is 5.75. The van der Waals surface area contributed by atoms with Gasteiger partial charge in [0.25, 0.3) is 0 Å². The fraction of sp³-hybridized carbons (Fsp3) is 0.833. The molecule has 2 amide bonds. The van der Waals surface area contributed by atoms with Crippen molar-refractivity contribution in [1.82, 2.24) is 10.2 Å².